The van der Waals surface area contributed by atoms with E-state index in [-0.39, 0.29) is 0 Å². The van der Waals surface area contributed by atoms with Crippen LogP contribution in [0, 0.1) is 5.92 Å². The zero-order chi connectivity index (χ0) is 16.7. The molecule has 2 aliphatic carbocycles. The number of nitrogens with one attached hydrogen (secondary N) is 1. The first-order valence-electron chi connectivity index (χ1n) is 9.64. The fourth-order valence-electron chi connectivity index (χ4n) is 4.46. The Morgan fingerprint density at radius 2 is 1.48 bits per heavy atom. The maximum Gasteiger partial charge on any atom is 0.0936 e. The zero-order valence-electron chi connectivity index (χ0n) is 15.7. The van der Waals surface area contributed by atoms with Gasteiger partial charge in [0.15, 0.2) is 0 Å². The Morgan fingerprint density at radius 3 is 2.00 bits per heavy atom. The summed E-state index contributed by atoms with van der Waals surface area (Å²) in [5.41, 5.74) is 0.905. The molecule has 0 aromatic heterocycles. The van der Waals surface area contributed by atoms with Gasteiger partial charge in [-0.1, -0.05) is 50.3 Å². The molecule has 0 spiro atoms. The predicted octanol–water partition coefficient (Wildman–Crippen LogP) is 5.32. The Balaban J connectivity index is 0.000000326. The van der Waals surface area contributed by atoms with Crippen molar-refractivity contribution in [3.8, 4) is 0 Å². The smallest absolute Gasteiger partial charge is 0.0936 e. The molecule has 1 aromatic rings. The number of benzene rings is 1. The van der Waals surface area contributed by atoms with Gasteiger partial charge in [-0.3, -0.25) is 0 Å². The van der Waals surface area contributed by atoms with Crippen LogP contribution in [0.25, 0.3) is 0 Å². The molecular formula is C21H37NP+. The van der Waals surface area contributed by atoms with Crippen LogP contribution in [0.3, 0.4) is 0 Å². The van der Waals surface area contributed by atoms with Crippen molar-refractivity contribution in [2.45, 2.75) is 70.0 Å². The van der Waals surface area contributed by atoms with Crippen LogP contribution in [0.15, 0.2) is 30.3 Å². The minimum absolute atomic E-state index is 0.653. The quantitative estimate of drug-likeness (QED) is 0.735. The molecule has 0 heterocycles. The van der Waals surface area contributed by atoms with E-state index >= 15 is 0 Å². The zero-order valence-corrected chi connectivity index (χ0v) is 16.6. The van der Waals surface area contributed by atoms with Gasteiger partial charge in [0, 0.05) is 19.2 Å². The summed E-state index contributed by atoms with van der Waals surface area (Å²) in [7, 11) is 1.10. The average Bonchev–Trinajstić information content (AvgIpc) is 3.29. The molecule has 3 atom stereocenters. The third kappa shape index (κ3) is 5.04. The third-order valence-corrected chi connectivity index (χ3v) is 10.1. The van der Waals surface area contributed by atoms with Crippen LogP contribution in [0.5, 0.6) is 0 Å². The first kappa shape index (κ1) is 18.9. The molecule has 0 saturated heterocycles. The maximum absolute atomic E-state index is 3.48. The first-order chi connectivity index (χ1) is 11.1. The lowest BCUT2D eigenvalue weighted by Crippen LogP contribution is -2.37. The standard InChI is InChI=1S/C16H27NP.C5H10/c1-13(17-2)15-11-8-12-16(15)18(3,4)14-9-6-5-7-10-14;1-2-4-5-3-1/h5-7,9-10,13,15-17H,8,11-12H2,1-4H3;1-5H2/q+1;/t13-,15?,16?;/m1./s1. The molecule has 2 aliphatic rings. The summed E-state index contributed by atoms with van der Waals surface area (Å²) in [6.45, 7) is 7.43. The monoisotopic (exact) mass is 334 g/mol. The molecule has 3 rings (SSSR count). The van der Waals surface area contributed by atoms with Crippen molar-refractivity contribution in [1.29, 1.82) is 0 Å². The summed E-state index contributed by atoms with van der Waals surface area (Å²) in [4.78, 5) is 0. The van der Waals surface area contributed by atoms with Crippen LogP contribution < -0.4 is 10.6 Å². The van der Waals surface area contributed by atoms with Crippen LogP contribution in [0.4, 0.5) is 0 Å². The summed E-state index contributed by atoms with van der Waals surface area (Å²) in [6, 6.07) is 11.9. The second kappa shape index (κ2) is 9.19. The lowest BCUT2D eigenvalue weighted by atomic mass is 10.00. The molecule has 0 bridgehead atoms. The van der Waals surface area contributed by atoms with Gasteiger partial charge in [0.25, 0.3) is 0 Å². The molecule has 1 nitrogen and oxygen atoms in total. The highest BCUT2D eigenvalue weighted by Gasteiger charge is 2.47. The van der Waals surface area contributed by atoms with E-state index in [0.717, 1.165) is 11.6 Å². The third-order valence-electron chi connectivity index (χ3n) is 6.13. The van der Waals surface area contributed by atoms with Crippen LogP contribution in [0.2, 0.25) is 0 Å². The Morgan fingerprint density at radius 1 is 0.913 bits per heavy atom. The summed E-state index contributed by atoms with van der Waals surface area (Å²) in [5.74, 6) is 0.860. The first-order valence-corrected chi connectivity index (χ1v) is 12.4. The van der Waals surface area contributed by atoms with Crippen LogP contribution >= 0.6 is 7.26 Å². The fraction of sp³-hybridized carbons (Fsp3) is 0.714. The number of hydrogen-bond acceptors (Lipinski definition) is 1. The van der Waals surface area contributed by atoms with Crippen LogP contribution in [-0.2, 0) is 0 Å². The van der Waals surface area contributed by atoms with Crippen molar-refractivity contribution in [3.05, 3.63) is 30.3 Å². The van der Waals surface area contributed by atoms with E-state index < -0.39 is 7.26 Å². The minimum atomic E-state index is -1.01. The minimum Gasteiger partial charge on any atom is -0.317 e. The van der Waals surface area contributed by atoms with Crippen LogP contribution in [-0.4, -0.2) is 32.1 Å². The molecule has 23 heavy (non-hydrogen) atoms. The Kier molecular flexibility index (Phi) is 7.57. The summed E-state index contributed by atoms with van der Waals surface area (Å²) < 4.78 is 0. The lowest BCUT2D eigenvalue weighted by molar-refractivity contribution is 0.409. The second-order valence-corrected chi connectivity index (χ2v) is 12.1. The van der Waals surface area contributed by atoms with E-state index in [1.807, 2.05) is 0 Å². The maximum atomic E-state index is 3.48. The predicted molar refractivity (Wildman–Crippen MR) is 108 cm³/mol. The molecule has 2 unspecified atom stereocenters. The topological polar surface area (TPSA) is 12.0 Å². The van der Waals surface area contributed by atoms with Crippen molar-refractivity contribution >= 4 is 12.6 Å². The van der Waals surface area contributed by atoms with Gasteiger partial charge >= 0.3 is 0 Å². The highest BCUT2D eigenvalue weighted by atomic mass is 31.2. The molecular weight excluding hydrogens is 297 g/mol. The summed E-state index contributed by atoms with van der Waals surface area (Å²) >= 11 is 0. The van der Waals surface area contributed by atoms with Crippen molar-refractivity contribution in [3.63, 3.8) is 0 Å². The van der Waals surface area contributed by atoms with E-state index in [2.05, 4.69) is 62.9 Å². The van der Waals surface area contributed by atoms with Gasteiger partial charge in [-0.05, 0) is 45.4 Å². The van der Waals surface area contributed by atoms with Gasteiger partial charge in [-0.15, -0.1) is 0 Å². The molecule has 0 amide bonds. The fourth-order valence-corrected chi connectivity index (χ4v) is 7.97. The summed E-state index contributed by atoms with van der Waals surface area (Å²) in [6.07, 6.45) is 11.7. The van der Waals surface area contributed by atoms with Gasteiger partial charge in [0.05, 0.1) is 24.3 Å². The highest BCUT2D eigenvalue weighted by Crippen LogP contribution is 2.62. The Bertz CT molecular complexity index is 431. The average molecular weight is 335 g/mol. The number of hydrogen-bond donors (Lipinski definition) is 1. The van der Waals surface area contributed by atoms with Gasteiger partial charge < -0.3 is 5.32 Å². The van der Waals surface area contributed by atoms with E-state index in [4.69, 9.17) is 0 Å². The van der Waals surface area contributed by atoms with Crippen molar-refractivity contribution in [1.82, 2.24) is 5.32 Å². The Labute approximate surface area is 145 Å². The van der Waals surface area contributed by atoms with E-state index in [0.29, 0.717) is 6.04 Å². The molecule has 2 saturated carbocycles. The highest BCUT2D eigenvalue weighted by molar-refractivity contribution is 7.82. The van der Waals surface area contributed by atoms with Gasteiger partial charge in [-0.2, -0.15) is 0 Å². The normalized spacial score (nSPS) is 25.7. The van der Waals surface area contributed by atoms with Gasteiger partial charge in [-0.25, -0.2) is 0 Å². The van der Waals surface area contributed by atoms with Crippen molar-refractivity contribution in [2.24, 2.45) is 5.92 Å². The molecule has 0 radical (unpaired) electrons. The molecule has 130 valence electrons. The van der Waals surface area contributed by atoms with E-state index in [9.17, 15) is 0 Å². The molecule has 2 heteroatoms. The van der Waals surface area contributed by atoms with Crippen molar-refractivity contribution in [2.75, 3.05) is 20.4 Å². The number of rotatable bonds is 4. The SMILES string of the molecule is C1CCCC1.CN[C@H](C)C1CCCC1[P+](C)(C)c1ccccc1. The summed E-state index contributed by atoms with van der Waals surface area (Å²) in [5, 5.41) is 5.08. The van der Waals surface area contributed by atoms with Crippen LogP contribution in [0.1, 0.15) is 58.3 Å². The van der Waals surface area contributed by atoms with Gasteiger partial charge in [0.1, 0.15) is 0 Å². The van der Waals surface area contributed by atoms with E-state index in [1.165, 1.54) is 51.4 Å². The van der Waals surface area contributed by atoms with E-state index in [1.54, 1.807) is 5.30 Å². The second-order valence-electron chi connectivity index (χ2n) is 7.88. The lowest BCUT2D eigenvalue weighted by Gasteiger charge is -2.32. The Hall–Kier alpha value is -0.390. The van der Waals surface area contributed by atoms with Gasteiger partial charge in [0.2, 0.25) is 0 Å². The molecule has 1 aromatic carbocycles. The molecule has 0 aliphatic heterocycles. The molecule has 2 fully saturated rings. The largest absolute Gasteiger partial charge is 0.317 e. The molecule has 1 N–H and O–H groups in total. The van der Waals surface area contributed by atoms with Crippen molar-refractivity contribution < 1.29 is 0 Å².